The molecule has 0 saturated carbocycles. The van der Waals surface area contributed by atoms with Crippen molar-refractivity contribution in [3.63, 3.8) is 0 Å². The summed E-state index contributed by atoms with van der Waals surface area (Å²) in [6.45, 7) is 5.00. The number of aromatic nitrogens is 3. The number of hydrogen-bond acceptors (Lipinski definition) is 7. The molecule has 0 radical (unpaired) electrons. The van der Waals surface area contributed by atoms with E-state index in [1.807, 2.05) is 54.0 Å². The first kappa shape index (κ1) is 22.5. The van der Waals surface area contributed by atoms with Crippen LogP contribution >= 0.6 is 11.6 Å². The Balaban J connectivity index is 1.53. The Morgan fingerprint density at radius 3 is 2.53 bits per heavy atom. The van der Waals surface area contributed by atoms with Crippen LogP contribution in [0.4, 0.5) is 11.4 Å². The average molecular weight is 631 g/mol. The molecule has 32 heavy (non-hydrogen) atoms. The molecule has 1 fully saturated rings. The Kier molecular flexibility index (Phi) is 6.65. The summed E-state index contributed by atoms with van der Waals surface area (Å²) < 4.78 is 8.45. The second kappa shape index (κ2) is 9.45. The van der Waals surface area contributed by atoms with Crippen LogP contribution < -0.4 is 9.64 Å². The number of hydrogen-bond donors (Lipinski definition) is 0. The first-order valence-corrected chi connectivity index (χ1v) is 11.6. The van der Waals surface area contributed by atoms with Gasteiger partial charge < -0.3 is 0 Å². The number of halogens is 1. The van der Waals surface area contributed by atoms with Crippen LogP contribution in [0.2, 0.25) is 5.02 Å². The molecular formula is C21H21ClN6O3Os. The molecule has 0 unspecified atom stereocenters. The molecule has 1 aliphatic rings. The summed E-state index contributed by atoms with van der Waals surface area (Å²) in [5, 5.41) is 20.0. The molecule has 168 valence electrons. The number of methoxy groups -OCH3 is 1. The number of anilines is 1. The molecule has 0 N–H and O–H groups in total. The number of para-hydroxylation sites is 2. The van der Waals surface area contributed by atoms with Crippen LogP contribution in [0.3, 0.4) is 0 Å². The number of nitro groups is 1. The fraction of sp³-hybridized carbons (Fsp3) is 0.286. The molecule has 3 aromatic rings. The molecular weight excluding hydrogens is 610 g/mol. The molecule has 0 amide bonds. The number of aryl methyl sites for hydroxylation is 1. The predicted octanol–water partition coefficient (Wildman–Crippen LogP) is 2.99. The van der Waals surface area contributed by atoms with Crippen LogP contribution in [0.15, 0.2) is 42.5 Å². The summed E-state index contributed by atoms with van der Waals surface area (Å²) in [7, 11) is 1.64. The van der Waals surface area contributed by atoms with Gasteiger partial charge in [-0.15, -0.1) is 0 Å². The first-order valence-electron chi connectivity index (χ1n) is 9.92. The Morgan fingerprint density at radius 1 is 1.16 bits per heavy atom. The van der Waals surface area contributed by atoms with Gasteiger partial charge in [0.05, 0.1) is 0 Å². The van der Waals surface area contributed by atoms with E-state index in [1.54, 1.807) is 13.2 Å². The predicted molar refractivity (Wildman–Crippen MR) is 119 cm³/mol. The van der Waals surface area contributed by atoms with E-state index < -0.39 is 4.92 Å². The van der Waals surface area contributed by atoms with Crippen molar-refractivity contribution in [1.29, 1.82) is 0 Å². The van der Waals surface area contributed by atoms with Crippen molar-refractivity contribution < 1.29 is 27.8 Å². The van der Waals surface area contributed by atoms with Crippen LogP contribution in [-0.2, 0) is 18.1 Å². The molecule has 0 bridgehead atoms. The Morgan fingerprint density at radius 2 is 1.88 bits per heavy atom. The molecule has 0 aliphatic carbocycles. The van der Waals surface area contributed by atoms with Gasteiger partial charge in [-0.25, -0.2) is 0 Å². The van der Waals surface area contributed by atoms with Gasteiger partial charge in [-0.2, -0.15) is 0 Å². The number of non-ortho nitro benzene ring substituents is 1. The number of rotatable bonds is 6. The van der Waals surface area contributed by atoms with E-state index in [0.717, 1.165) is 58.9 Å². The van der Waals surface area contributed by atoms with Crippen molar-refractivity contribution in [3.8, 4) is 11.4 Å². The Hall–Kier alpha value is -2.66. The first-order chi connectivity index (χ1) is 15.4. The normalized spacial score (nSPS) is 14.4. The van der Waals surface area contributed by atoms with Crippen molar-refractivity contribution >= 4 is 27.2 Å². The molecule has 2 heterocycles. The van der Waals surface area contributed by atoms with Gasteiger partial charge in [0.1, 0.15) is 0 Å². The van der Waals surface area contributed by atoms with Crippen LogP contribution in [0.5, 0.6) is 5.75 Å². The fourth-order valence-corrected chi connectivity index (χ4v) is 5.30. The molecule has 11 heteroatoms. The van der Waals surface area contributed by atoms with Crippen LogP contribution in [-0.4, -0.2) is 62.3 Å². The van der Waals surface area contributed by atoms with E-state index in [9.17, 15) is 10.1 Å². The molecule has 0 atom stereocenters. The van der Waals surface area contributed by atoms with E-state index in [4.69, 9.17) is 16.3 Å². The van der Waals surface area contributed by atoms with Crippen LogP contribution in [0.25, 0.3) is 5.69 Å². The standard InChI is InChI=1S/C21H21ClN6O3.Os/c1-15-20(27(24-23-15)19-5-3-4-6-21(19)31-2)14-25-9-11-26(12-10-25)18-8-7-16(28(29)30)13-17(18)22;/h3-8,13H,9-12H2,1-2H3;. The monoisotopic (exact) mass is 632 g/mol. The Bertz CT molecular complexity index is 1180. The minimum atomic E-state index is -0.436. The number of nitro benzene ring substituents is 1. The maximum absolute atomic E-state index is 11.0. The third kappa shape index (κ3) is 4.31. The van der Waals surface area contributed by atoms with Gasteiger partial charge in [-0.3, -0.25) is 0 Å². The zero-order chi connectivity index (χ0) is 22.8. The van der Waals surface area contributed by atoms with Crippen molar-refractivity contribution in [2.24, 2.45) is 0 Å². The number of nitrogens with zero attached hydrogens (tertiary/aromatic N) is 6. The van der Waals surface area contributed by atoms with E-state index in [-0.39, 0.29) is 5.69 Å². The summed E-state index contributed by atoms with van der Waals surface area (Å²) in [4.78, 5) is 15.0. The SMILES string of the molecule is COc1ccccc1-n1nnc(C)c1[C](=[Os])N1CCN(c2ccc([N+](=O)[O-])cc2Cl)CC1. The van der Waals surface area contributed by atoms with Crippen LogP contribution in [0.1, 0.15) is 11.4 Å². The van der Waals surface area contributed by atoms with Gasteiger partial charge in [0.2, 0.25) is 0 Å². The third-order valence-electron chi connectivity index (χ3n) is 5.37. The van der Waals surface area contributed by atoms with Crippen molar-refractivity contribution in [1.82, 2.24) is 19.9 Å². The topological polar surface area (TPSA) is 89.6 Å². The van der Waals surface area contributed by atoms with Gasteiger partial charge in [-0.1, -0.05) is 0 Å². The van der Waals surface area contributed by atoms with Gasteiger partial charge in [-0.05, 0) is 0 Å². The minimum absolute atomic E-state index is 0.00431. The van der Waals surface area contributed by atoms with E-state index >= 15 is 0 Å². The molecule has 9 nitrogen and oxygen atoms in total. The number of piperazine rings is 1. The third-order valence-corrected chi connectivity index (χ3v) is 7.08. The second-order valence-electron chi connectivity index (χ2n) is 7.25. The summed E-state index contributed by atoms with van der Waals surface area (Å²) >= 11 is 8.15. The molecule has 1 aliphatic heterocycles. The van der Waals surface area contributed by atoms with Crippen molar-refractivity contribution in [3.05, 3.63) is 69.0 Å². The molecule has 1 saturated heterocycles. The summed E-state index contributed by atoms with van der Waals surface area (Å²) in [6, 6.07) is 12.4. The summed E-state index contributed by atoms with van der Waals surface area (Å²) in [5.41, 5.74) is 3.45. The van der Waals surface area contributed by atoms with Gasteiger partial charge >= 0.3 is 200 Å². The van der Waals surface area contributed by atoms with Crippen molar-refractivity contribution in [2.45, 2.75) is 6.92 Å². The van der Waals surface area contributed by atoms with E-state index in [2.05, 4.69) is 20.1 Å². The summed E-state index contributed by atoms with van der Waals surface area (Å²) in [6.07, 6.45) is 0. The molecule has 1 aromatic heterocycles. The number of ether oxygens (including phenoxy) is 1. The summed E-state index contributed by atoms with van der Waals surface area (Å²) in [5.74, 6) is 0.729. The van der Waals surface area contributed by atoms with Gasteiger partial charge in [0, 0.05) is 0 Å². The average Bonchev–Trinajstić information content (AvgIpc) is 3.19. The Labute approximate surface area is 200 Å². The maximum atomic E-state index is 11.0. The van der Waals surface area contributed by atoms with Crippen LogP contribution in [0, 0.1) is 17.0 Å². The molecule has 2 aromatic carbocycles. The number of benzene rings is 2. The van der Waals surface area contributed by atoms with E-state index in [0.29, 0.717) is 5.02 Å². The van der Waals surface area contributed by atoms with E-state index in [1.165, 1.54) is 12.1 Å². The van der Waals surface area contributed by atoms with Crippen molar-refractivity contribution in [2.75, 3.05) is 38.2 Å². The zero-order valence-electron chi connectivity index (χ0n) is 17.5. The fourth-order valence-electron chi connectivity index (χ4n) is 3.71. The van der Waals surface area contributed by atoms with Gasteiger partial charge in [0.15, 0.2) is 0 Å². The molecule has 4 rings (SSSR count). The molecule has 0 spiro atoms. The van der Waals surface area contributed by atoms with Gasteiger partial charge in [0.25, 0.3) is 0 Å². The quantitative estimate of drug-likeness (QED) is 0.306. The second-order valence-corrected chi connectivity index (χ2v) is 8.86. The zero-order valence-corrected chi connectivity index (χ0v) is 20.8.